The lowest BCUT2D eigenvalue weighted by Gasteiger charge is -2.38. The predicted octanol–water partition coefficient (Wildman–Crippen LogP) is 2.42. The molecule has 1 amide bonds. The van der Waals surface area contributed by atoms with Gasteiger partial charge in [0.15, 0.2) is 5.96 Å². The number of halogens is 1. The van der Waals surface area contributed by atoms with E-state index in [0.29, 0.717) is 5.91 Å². The Labute approximate surface area is 191 Å². The normalized spacial score (nSPS) is 20.6. The molecule has 0 aliphatic carbocycles. The number of aliphatic imine (C=N–C) groups is 1. The summed E-state index contributed by atoms with van der Waals surface area (Å²) in [5.74, 6) is 2.25. The largest absolute Gasteiger partial charge is 0.469 e. The van der Waals surface area contributed by atoms with E-state index in [9.17, 15) is 4.79 Å². The highest BCUT2D eigenvalue weighted by Gasteiger charge is 2.33. The summed E-state index contributed by atoms with van der Waals surface area (Å²) >= 11 is 0. The van der Waals surface area contributed by atoms with Crippen molar-refractivity contribution in [1.82, 2.24) is 20.0 Å². The minimum absolute atomic E-state index is 0. The molecule has 164 valence electrons. The first kappa shape index (κ1) is 24.0. The van der Waals surface area contributed by atoms with Gasteiger partial charge in [0.1, 0.15) is 5.76 Å². The second kappa shape index (κ2) is 12.4. The van der Waals surface area contributed by atoms with E-state index in [1.54, 1.807) is 6.26 Å². The third kappa shape index (κ3) is 6.87. The second-order valence-electron chi connectivity index (χ2n) is 7.77. The van der Waals surface area contributed by atoms with Crippen LogP contribution in [0.2, 0.25) is 0 Å². The molecule has 1 unspecified atom stereocenters. The Morgan fingerprint density at radius 3 is 2.62 bits per heavy atom. The van der Waals surface area contributed by atoms with E-state index in [0.717, 1.165) is 89.6 Å². The lowest BCUT2D eigenvalue weighted by Crippen LogP contribution is -2.56. The molecule has 1 N–H and O–H groups in total. The molecule has 0 radical (unpaired) electrons. The number of hydrogen-bond acceptors (Lipinski definition) is 4. The zero-order chi connectivity index (χ0) is 19.8. The van der Waals surface area contributed by atoms with Crippen LogP contribution in [0.1, 0.15) is 38.4 Å². The minimum atomic E-state index is 0. The molecule has 1 atom stereocenters. The van der Waals surface area contributed by atoms with E-state index in [4.69, 9.17) is 9.41 Å². The summed E-state index contributed by atoms with van der Waals surface area (Å²) in [5.41, 5.74) is 0. The van der Waals surface area contributed by atoms with E-state index in [1.165, 1.54) is 0 Å². The summed E-state index contributed by atoms with van der Waals surface area (Å²) in [4.78, 5) is 24.1. The fourth-order valence-electron chi connectivity index (χ4n) is 3.93. The lowest BCUT2D eigenvalue weighted by molar-refractivity contribution is -0.136. The van der Waals surface area contributed by atoms with Crippen molar-refractivity contribution in [2.24, 2.45) is 4.99 Å². The Kier molecular flexibility index (Phi) is 10.3. The number of nitrogens with one attached hydrogen (secondary N) is 1. The van der Waals surface area contributed by atoms with Gasteiger partial charge in [0, 0.05) is 45.7 Å². The molecule has 1 aromatic rings. The number of likely N-dealkylation sites (tertiary alicyclic amines) is 1. The first-order chi connectivity index (χ1) is 13.7. The highest BCUT2D eigenvalue weighted by Crippen LogP contribution is 2.18. The number of piperazine rings is 1. The number of carbonyl (C=O) groups is 1. The standard InChI is InChI=1S/C21H35N5O2.HI/c1-3-4-10-22-21(23-11-9-18-7-6-17-28-18)26-15-13-25(14-16-26)20(27)19-8-5-12-24(19)2;/h6-7,17,19H,3-5,8-16H2,1-2H3,(H,22,23);1H. The van der Waals surface area contributed by atoms with Gasteiger partial charge in [-0.2, -0.15) is 0 Å². The first-order valence-corrected chi connectivity index (χ1v) is 10.7. The molecule has 0 aromatic carbocycles. The maximum Gasteiger partial charge on any atom is 0.240 e. The summed E-state index contributed by atoms with van der Waals surface area (Å²) < 4.78 is 5.42. The van der Waals surface area contributed by atoms with Crippen molar-refractivity contribution in [3.8, 4) is 0 Å². The molecule has 0 spiro atoms. The average Bonchev–Trinajstić information content (AvgIpc) is 3.38. The zero-order valence-electron chi connectivity index (χ0n) is 17.8. The number of furan rings is 1. The third-order valence-corrected chi connectivity index (χ3v) is 5.70. The Hall–Kier alpha value is -1.29. The van der Waals surface area contributed by atoms with E-state index in [-0.39, 0.29) is 30.0 Å². The molecular weight excluding hydrogens is 481 g/mol. The Balaban J connectivity index is 0.00000300. The zero-order valence-corrected chi connectivity index (χ0v) is 20.1. The summed E-state index contributed by atoms with van der Waals surface area (Å²) in [6, 6.07) is 4.00. The fourth-order valence-corrected chi connectivity index (χ4v) is 3.93. The van der Waals surface area contributed by atoms with Gasteiger partial charge < -0.3 is 19.5 Å². The Morgan fingerprint density at radius 1 is 1.24 bits per heavy atom. The van der Waals surface area contributed by atoms with Crippen molar-refractivity contribution in [2.45, 2.75) is 45.1 Å². The molecule has 2 saturated heterocycles. The SMILES string of the molecule is CCCCN=C(NCCc1ccco1)N1CCN(C(=O)C2CCCN2C)CC1.I. The maximum absolute atomic E-state index is 12.8. The van der Waals surface area contributed by atoms with Crippen LogP contribution in [-0.4, -0.2) is 85.5 Å². The molecule has 7 nitrogen and oxygen atoms in total. The summed E-state index contributed by atoms with van der Waals surface area (Å²) in [5, 5.41) is 3.50. The van der Waals surface area contributed by atoms with Crippen molar-refractivity contribution in [1.29, 1.82) is 0 Å². The molecule has 29 heavy (non-hydrogen) atoms. The predicted molar refractivity (Wildman–Crippen MR) is 127 cm³/mol. The van der Waals surface area contributed by atoms with Crippen LogP contribution in [-0.2, 0) is 11.2 Å². The highest BCUT2D eigenvalue weighted by molar-refractivity contribution is 14.0. The summed E-state index contributed by atoms with van der Waals surface area (Å²) in [7, 11) is 2.06. The second-order valence-corrected chi connectivity index (χ2v) is 7.77. The van der Waals surface area contributed by atoms with Gasteiger partial charge in [-0.1, -0.05) is 13.3 Å². The number of unbranched alkanes of at least 4 members (excludes halogenated alkanes) is 1. The number of carbonyl (C=O) groups excluding carboxylic acids is 1. The van der Waals surface area contributed by atoms with Crippen molar-refractivity contribution in [2.75, 3.05) is 52.9 Å². The Morgan fingerprint density at radius 2 is 2.00 bits per heavy atom. The van der Waals surface area contributed by atoms with Gasteiger partial charge in [-0.05, 0) is 45.0 Å². The molecule has 1 aromatic heterocycles. The molecule has 0 bridgehead atoms. The van der Waals surface area contributed by atoms with Crippen LogP contribution < -0.4 is 5.32 Å². The van der Waals surface area contributed by atoms with Crippen molar-refractivity contribution in [3.63, 3.8) is 0 Å². The van der Waals surface area contributed by atoms with Crippen LogP contribution in [0.25, 0.3) is 0 Å². The van der Waals surface area contributed by atoms with Crippen molar-refractivity contribution >= 4 is 35.8 Å². The lowest BCUT2D eigenvalue weighted by atomic mass is 10.1. The van der Waals surface area contributed by atoms with Crippen LogP contribution >= 0.6 is 24.0 Å². The van der Waals surface area contributed by atoms with E-state index < -0.39 is 0 Å². The summed E-state index contributed by atoms with van der Waals surface area (Å²) in [6.07, 6.45) is 6.90. The van der Waals surface area contributed by atoms with Gasteiger partial charge in [-0.15, -0.1) is 24.0 Å². The van der Waals surface area contributed by atoms with Gasteiger partial charge in [0.05, 0.1) is 12.3 Å². The summed E-state index contributed by atoms with van der Waals surface area (Å²) in [6.45, 7) is 8.07. The fraction of sp³-hybridized carbons (Fsp3) is 0.714. The van der Waals surface area contributed by atoms with Crippen molar-refractivity contribution in [3.05, 3.63) is 24.2 Å². The van der Waals surface area contributed by atoms with Crippen LogP contribution in [0.3, 0.4) is 0 Å². The van der Waals surface area contributed by atoms with Gasteiger partial charge in [-0.25, -0.2) is 0 Å². The number of likely N-dealkylation sites (N-methyl/N-ethyl adjacent to an activating group) is 1. The molecular formula is C21H36IN5O2. The topological polar surface area (TPSA) is 64.3 Å². The minimum Gasteiger partial charge on any atom is -0.469 e. The van der Waals surface area contributed by atoms with Crippen LogP contribution in [0.15, 0.2) is 27.8 Å². The van der Waals surface area contributed by atoms with Gasteiger partial charge >= 0.3 is 0 Å². The molecule has 0 saturated carbocycles. The van der Waals surface area contributed by atoms with Gasteiger partial charge in [0.25, 0.3) is 0 Å². The van der Waals surface area contributed by atoms with Crippen molar-refractivity contribution < 1.29 is 9.21 Å². The number of rotatable bonds is 7. The quantitative estimate of drug-likeness (QED) is 0.261. The smallest absolute Gasteiger partial charge is 0.240 e. The van der Waals surface area contributed by atoms with Crippen LogP contribution in [0.4, 0.5) is 0 Å². The molecule has 2 aliphatic rings. The molecule has 8 heteroatoms. The number of guanidine groups is 1. The van der Waals surface area contributed by atoms with Crippen LogP contribution in [0.5, 0.6) is 0 Å². The van der Waals surface area contributed by atoms with Crippen LogP contribution in [0, 0.1) is 0 Å². The van der Waals surface area contributed by atoms with E-state index >= 15 is 0 Å². The number of nitrogens with zero attached hydrogens (tertiary/aromatic N) is 4. The van der Waals surface area contributed by atoms with Gasteiger partial charge in [-0.3, -0.25) is 14.7 Å². The molecule has 3 rings (SSSR count). The molecule has 2 fully saturated rings. The Bertz CT molecular complexity index is 629. The number of hydrogen-bond donors (Lipinski definition) is 1. The molecule has 2 aliphatic heterocycles. The van der Waals surface area contributed by atoms with E-state index in [1.807, 2.05) is 17.0 Å². The molecule has 3 heterocycles. The monoisotopic (exact) mass is 517 g/mol. The third-order valence-electron chi connectivity index (χ3n) is 5.70. The average molecular weight is 517 g/mol. The van der Waals surface area contributed by atoms with Gasteiger partial charge in [0.2, 0.25) is 5.91 Å². The van der Waals surface area contributed by atoms with E-state index in [2.05, 4.69) is 29.1 Å². The number of amides is 1. The maximum atomic E-state index is 12.8. The highest BCUT2D eigenvalue weighted by atomic mass is 127. The first-order valence-electron chi connectivity index (χ1n) is 10.7.